The van der Waals surface area contributed by atoms with Crippen LogP contribution in [0.25, 0.3) is 0 Å². The first-order chi connectivity index (χ1) is 17.6. The van der Waals surface area contributed by atoms with Gasteiger partial charge in [0.1, 0.15) is 0 Å². The van der Waals surface area contributed by atoms with Crippen LogP contribution in [0.2, 0.25) is 0 Å². The minimum absolute atomic E-state index is 0.0251. The van der Waals surface area contributed by atoms with Gasteiger partial charge in [-0.25, -0.2) is 0 Å². The van der Waals surface area contributed by atoms with E-state index in [2.05, 4.69) is 53.2 Å². The van der Waals surface area contributed by atoms with Gasteiger partial charge in [-0.2, -0.15) is 0 Å². The number of nitrogens with zero attached hydrogens (tertiary/aromatic N) is 2. The summed E-state index contributed by atoms with van der Waals surface area (Å²) in [5, 5.41) is 3.61. The summed E-state index contributed by atoms with van der Waals surface area (Å²) in [5.41, 5.74) is 4.42. The molecule has 0 aliphatic carbocycles. The minimum Gasteiger partial charge on any atom is -0.335 e. The molecule has 2 unspecified atom stereocenters. The molecule has 1 N–H and O–H groups in total. The summed E-state index contributed by atoms with van der Waals surface area (Å²) in [5.74, 6) is 0.573. The lowest BCUT2D eigenvalue weighted by atomic mass is 9.77. The van der Waals surface area contributed by atoms with E-state index in [9.17, 15) is 9.59 Å². The van der Waals surface area contributed by atoms with Crippen molar-refractivity contribution in [2.24, 2.45) is 5.92 Å². The third-order valence-corrected chi connectivity index (χ3v) is 8.67. The third kappa shape index (κ3) is 4.95. The van der Waals surface area contributed by atoms with Crippen molar-refractivity contribution in [3.63, 3.8) is 0 Å². The summed E-state index contributed by atoms with van der Waals surface area (Å²) in [4.78, 5) is 31.3. The molecule has 2 aromatic carbocycles. The fourth-order valence-corrected chi connectivity index (χ4v) is 6.57. The molecule has 192 valence electrons. The second-order valence-corrected chi connectivity index (χ2v) is 10.9. The Balaban J connectivity index is 1.38. The van der Waals surface area contributed by atoms with E-state index in [1.807, 2.05) is 24.3 Å². The van der Waals surface area contributed by atoms with Gasteiger partial charge in [-0.1, -0.05) is 62.6 Å². The van der Waals surface area contributed by atoms with Crippen molar-refractivity contribution in [1.82, 2.24) is 15.1 Å². The number of rotatable bonds is 8. The monoisotopic (exact) mass is 487 g/mol. The Kier molecular flexibility index (Phi) is 7.76. The second kappa shape index (κ2) is 11.2. The topological polar surface area (TPSA) is 52.7 Å². The van der Waals surface area contributed by atoms with Crippen LogP contribution in [0, 0.1) is 5.92 Å². The average Bonchev–Trinajstić information content (AvgIpc) is 2.92. The molecular weight excluding hydrogens is 446 g/mol. The summed E-state index contributed by atoms with van der Waals surface area (Å²) in [6, 6.07) is 17.1. The highest BCUT2D eigenvalue weighted by molar-refractivity contribution is 5.95. The molecule has 2 fully saturated rings. The lowest BCUT2D eigenvalue weighted by molar-refractivity contribution is -0.145. The molecule has 4 atom stereocenters. The highest BCUT2D eigenvalue weighted by Crippen LogP contribution is 2.41. The molecule has 0 spiro atoms. The zero-order valence-electron chi connectivity index (χ0n) is 21.9. The Morgan fingerprint density at radius 2 is 1.97 bits per heavy atom. The van der Waals surface area contributed by atoms with Gasteiger partial charge in [0.25, 0.3) is 5.91 Å². The van der Waals surface area contributed by atoms with E-state index in [-0.39, 0.29) is 30.0 Å². The van der Waals surface area contributed by atoms with Gasteiger partial charge < -0.3 is 15.1 Å². The number of hydrogen-bond donors (Lipinski definition) is 1. The van der Waals surface area contributed by atoms with Crippen molar-refractivity contribution in [3.05, 3.63) is 70.8 Å². The fraction of sp³-hybridized carbons (Fsp3) is 0.548. The molecule has 2 aromatic rings. The molecule has 5 rings (SSSR count). The van der Waals surface area contributed by atoms with Crippen molar-refractivity contribution in [2.45, 2.75) is 83.3 Å². The molecule has 3 heterocycles. The Morgan fingerprint density at radius 3 is 2.78 bits per heavy atom. The molecular formula is C31H41N3O2. The van der Waals surface area contributed by atoms with Gasteiger partial charge in [0.05, 0.1) is 18.0 Å². The second-order valence-electron chi connectivity index (χ2n) is 10.9. The molecule has 0 aromatic heterocycles. The largest absolute Gasteiger partial charge is 0.335 e. The van der Waals surface area contributed by atoms with Crippen molar-refractivity contribution >= 4 is 11.8 Å². The van der Waals surface area contributed by atoms with Crippen LogP contribution in [0.3, 0.4) is 0 Å². The molecule has 3 aliphatic rings. The molecule has 5 nitrogen and oxygen atoms in total. The van der Waals surface area contributed by atoms with Crippen LogP contribution in [0.1, 0.15) is 97.9 Å². The molecule has 3 aliphatic heterocycles. The zero-order chi connectivity index (χ0) is 25.1. The van der Waals surface area contributed by atoms with E-state index in [0.29, 0.717) is 5.91 Å². The lowest BCUT2D eigenvalue weighted by Gasteiger charge is -2.48. The number of carbonyl (C=O) groups excluding carboxylic acids is 2. The van der Waals surface area contributed by atoms with E-state index in [1.165, 1.54) is 29.5 Å². The predicted molar refractivity (Wildman–Crippen MR) is 144 cm³/mol. The molecule has 0 bridgehead atoms. The first kappa shape index (κ1) is 25.0. The van der Waals surface area contributed by atoms with Crippen LogP contribution < -0.4 is 5.32 Å². The quantitative estimate of drug-likeness (QED) is 0.488. The first-order valence-corrected chi connectivity index (χ1v) is 14.1. The van der Waals surface area contributed by atoms with Crippen molar-refractivity contribution in [2.75, 3.05) is 19.6 Å². The summed E-state index contributed by atoms with van der Waals surface area (Å²) in [6.07, 6.45) is 8.46. The van der Waals surface area contributed by atoms with Gasteiger partial charge in [0.15, 0.2) is 0 Å². The number of fused-ring (bicyclic) bond motifs is 4. The third-order valence-electron chi connectivity index (χ3n) is 8.67. The Bertz CT molecular complexity index is 1070. The maximum absolute atomic E-state index is 13.9. The molecule has 0 saturated carbocycles. The number of piperidine rings is 2. The maximum Gasteiger partial charge on any atom is 0.254 e. The smallest absolute Gasteiger partial charge is 0.254 e. The summed E-state index contributed by atoms with van der Waals surface area (Å²) in [7, 11) is 0. The van der Waals surface area contributed by atoms with E-state index in [4.69, 9.17) is 0 Å². The summed E-state index contributed by atoms with van der Waals surface area (Å²) < 4.78 is 0. The van der Waals surface area contributed by atoms with Gasteiger partial charge >= 0.3 is 0 Å². The maximum atomic E-state index is 13.9. The molecule has 2 amide bonds. The predicted octanol–water partition coefficient (Wildman–Crippen LogP) is 5.67. The molecule has 2 saturated heterocycles. The number of unbranched alkanes of at least 4 members (excludes halogenated alkanes) is 3. The van der Waals surface area contributed by atoms with Gasteiger partial charge in [-0.15, -0.1) is 0 Å². The highest BCUT2D eigenvalue weighted by Gasteiger charge is 2.45. The van der Waals surface area contributed by atoms with E-state index in [0.717, 1.165) is 63.7 Å². The van der Waals surface area contributed by atoms with E-state index < -0.39 is 0 Å². The number of carbonyl (C=O) groups is 2. The number of amides is 2. The highest BCUT2D eigenvalue weighted by atomic mass is 16.2. The van der Waals surface area contributed by atoms with E-state index in [1.54, 1.807) is 0 Å². The lowest BCUT2D eigenvalue weighted by Crippen LogP contribution is -2.57. The minimum atomic E-state index is 0.0251. The van der Waals surface area contributed by atoms with Crippen molar-refractivity contribution in [3.8, 4) is 0 Å². The number of nitrogens with one attached hydrogen (secondary N) is 1. The molecule has 0 radical (unpaired) electrons. The summed E-state index contributed by atoms with van der Waals surface area (Å²) >= 11 is 0. The van der Waals surface area contributed by atoms with Gasteiger partial charge in [-0.05, 0) is 74.4 Å². The zero-order valence-corrected chi connectivity index (χ0v) is 21.9. The van der Waals surface area contributed by atoms with Crippen LogP contribution >= 0.6 is 0 Å². The van der Waals surface area contributed by atoms with E-state index >= 15 is 0 Å². The number of benzene rings is 2. The van der Waals surface area contributed by atoms with Gasteiger partial charge in [-0.3, -0.25) is 9.59 Å². The Hall–Kier alpha value is -2.66. The van der Waals surface area contributed by atoms with Gasteiger partial charge in [0, 0.05) is 24.7 Å². The first-order valence-electron chi connectivity index (χ1n) is 14.1. The van der Waals surface area contributed by atoms with Crippen LogP contribution in [-0.2, 0) is 11.2 Å². The average molecular weight is 488 g/mol. The normalized spacial score (nSPS) is 23.9. The Morgan fingerprint density at radius 1 is 1.14 bits per heavy atom. The van der Waals surface area contributed by atoms with Crippen LogP contribution in [-0.4, -0.2) is 47.3 Å². The standard InChI is InChI=1S/C31H41N3O2/c1-3-4-5-9-18-33(22(2)23-11-7-6-8-12-23)30(35)25-14-15-26-24(20-25)16-19-34-29(26)21-28-27(31(34)36)13-10-17-32-28/h6-8,11-12,14-15,20,22,27-29,32H,3-5,9-10,13,16-19,21H2,1-2H3/t22-,27?,28?,29+/m1/s1. The summed E-state index contributed by atoms with van der Waals surface area (Å²) in [6.45, 7) is 6.90. The van der Waals surface area contributed by atoms with Crippen LogP contribution in [0.15, 0.2) is 48.5 Å². The van der Waals surface area contributed by atoms with Crippen molar-refractivity contribution < 1.29 is 9.59 Å². The van der Waals surface area contributed by atoms with Crippen molar-refractivity contribution in [1.29, 1.82) is 0 Å². The Labute approximate surface area is 216 Å². The van der Waals surface area contributed by atoms with Gasteiger partial charge in [0.2, 0.25) is 5.91 Å². The fourth-order valence-electron chi connectivity index (χ4n) is 6.57. The van der Waals surface area contributed by atoms with Crippen LogP contribution in [0.5, 0.6) is 0 Å². The van der Waals surface area contributed by atoms with Crippen LogP contribution in [0.4, 0.5) is 0 Å². The molecule has 5 heteroatoms. The molecule has 36 heavy (non-hydrogen) atoms. The SMILES string of the molecule is CCCCCCN(C(=O)c1ccc2c(c1)CCN1C(=O)C3CCCNC3C[C@@H]21)[C@H](C)c1ccccc1. The number of hydrogen-bond acceptors (Lipinski definition) is 3.